The van der Waals surface area contributed by atoms with Crippen LogP contribution in [0.15, 0.2) is 22.7 Å². The second kappa shape index (κ2) is 9.79. The highest BCUT2D eigenvalue weighted by atomic mass is 79.9. The molecule has 0 aliphatic rings. The van der Waals surface area contributed by atoms with Gasteiger partial charge >= 0.3 is 0 Å². The predicted molar refractivity (Wildman–Crippen MR) is 89.5 cm³/mol. The Morgan fingerprint density at radius 2 is 2.24 bits per heavy atom. The summed E-state index contributed by atoms with van der Waals surface area (Å²) in [6, 6.07) is 5.97. The minimum atomic E-state index is 0.0634. The van der Waals surface area contributed by atoms with Crippen LogP contribution >= 0.6 is 15.9 Å². The van der Waals surface area contributed by atoms with Crippen molar-refractivity contribution in [2.24, 2.45) is 5.73 Å². The van der Waals surface area contributed by atoms with Crippen LogP contribution in [-0.2, 0) is 11.2 Å². The maximum absolute atomic E-state index is 12.0. The molecule has 1 aromatic carbocycles. The molecular formula is C16H25BrN2O2. The van der Waals surface area contributed by atoms with E-state index < -0.39 is 0 Å². The summed E-state index contributed by atoms with van der Waals surface area (Å²) in [4.78, 5) is 12.0. The van der Waals surface area contributed by atoms with Gasteiger partial charge in [-0.1, -0.05) is 25.8 Å². The lowest BCUT2D eigenvalue weighted by Crippen LogP contribution is -2.40. The van der Waals surface area contributed by atoms with Crippen molar-refractivity contribution in [3.8, 4) is 5.75 Å². The van der Waals surface area contributed by atoms with Gasteiger partial charge in [0.1, 0.15) is 5.75 Å². The number of rotatable bonds is 9. The average Bonchev–Trinajstić information content (AvgIpc) is 2.49. The molecule has 5 heteroatoms. The van der Waals surface area contributed by atoms with E-state index in [0.29, 0.717) is 19.4 Å². The molecule has 0 aliphatic carbocycles. The summed E-state index contributed by atoms with van der Waals surface area (Å²) in [5.74, 6) is 0.861. The van der Waals surface area contributed by atoms with Gasteiger partial charge in [0.25, 0.3) is 0 Å². The fraction of sp³-hybridized carbons (Fsp3) is 0.562. The minimum Gasteiger partial charge on any atom is -0.496 e. The van der Waals surface area contributed by atoms with Crippen LogP contribution in [0.4, 0.5) is 0 Å². The van der Waals surface area contributed by atoms with E-state index in [1.54, 1.807) is 7.11 Å². The number of unbranched alkanes of at least 4 members (excludes halogenated alkanes) is 1. The van der Waals surface area contributed by atoms with Crippen LogP contribution < -0.4 is 15.8 Å². The first-order valence-corrected chi connectivity index (χ1v) is 8.21. The normalized spacial score (nSPS) is 12.0. The molecule has 1 amide bonds. The molecule has 1 rings (SSSR count). The highest BCUT2D eigenvalue weighted by Crippen LogP contribution is 2.25. The third kappa shape index (κ3) is 6.48. The molecule has 0 saturated carbocycles. The Morgan fingerprint density at radius 1 is 1.48 bits per heavy atom. The molecule has 21 heavy (non-hydrogen) atoms. The lowest BCUT2D eigenvalue weighted by Gasteiger charge is -2.16. The Labute approximate surface area is 135 Å². The summed E-state index contributed by atoms with van der Waals surface area (Å²) in [5, 5.41) is 3.01. The second-order valence-electron chi connectivity index (χ2n) is 5.11. The van der Waals surface area contributed by atoms with Gasteiger partial charge in [-0.3, -0.25) is 4.79 Å². The van der Waals surface area contributed by atoms with Gasteiger partial charge in [0, 0.05) is 19.0 Å². The Hall–Kier alpha value is -1.07. The fourth-order valence-electron chi connectivity index (χ4n) is 2.12. The molecule has 1 aromatic rings. The van der Waals surface area contributed by atoms with E-state index in [9.17, 15) is 4.79 Å². The van der Waals surface area contributed by atoms with E-state index in [1.165, 1.54) is 0 Å². The molecular weight excluding hydrogens is 332 g/mol. The molecule has 1 atom stereocenters. The van der Waals surface area contributed by atoms with Gasteiger partial charge in [-0.25, -0.2) is 0 Å². The van der Waals surface area contributed by atoms with E-state index in [4.69, 9.17) is 10.5 Å². The summed E-state index contributed by atoms with van der Waals surface area (Å²) < 4.78 is 6.10. The summed E-state index contributed by atoms with van der Waals surface area (Å²) in [6.45, 7) is 2.64. The smallest absolute Gasteiger partial charge is 0.220 e. The molecule has 118 valence electrons. The second-order valence-corrected chi connectivity index (χ2v) is 5.97. The number of carbonyl (C=O) groups excluding carboxylic acids is 1. The number of aryl methyl sites for hydroxylation is 1. The van der Waals surface area contributed by atoms with Gasteiger partial charge in [-0.15, -0.1) is 0 Å². The van der Waals surface area contributed by atoms with E-state index in [1.807, 2.05) is 18.2 Å². The van der Waals surface area contributed by atoms with Crippen molar-refractivity contribution in [2.45, 2.75) is 45.1 Å². The number of benzene rings is 1. The first-order chi connectivity index (χ1) is 10.1. The predicted octanol–water partition coefficient (Wildman–Crippen LogP) is 3.02. The van der Waals surface area contributed by atoms with Gasteiger partial charge in [0.15, 0.2) is 0 Å². The van der Waals surface area contributed by atoms with Gasteiger partial charge in [-0.05, 0) is 46.5 Å². The molecule has 4 nitrogen and oxygen atoms in total. The SMILES string of the molecule is CCCCC(CN)NC(=O)CCc1ccc(OC)c(Br)c1. The molecule has 0 spiro atoms. The monoisotopic (exact) mass is 356 g/mol. The lowest BCUT2D eigenvalue weighted by molar-refractivity contribution is -0.121. The van der Waals surface area contributed by atoms with Crippen LogP contribution in [0.25, 0.3) is 0 Å². The van der Waals surface area contributed by atoms with Gasteiger partial charge < -0.3 is 15.8 Å². The highest BCUT2D eigenvalue weighted by Gasteiger charge is 2.10. The van der Waals surface area contributed by atoms with E-state index in [-0.39, 0.29) is 11.9 Å². The zero-order valence-electron chi connectivity index (χ0n) is 12.8. The number of carbonyl (C=O) groups is 1. The van der Waals surface area contributed by atoms with Gasteiger partial charge in [0.2, 0.25) is 5.91 Å². The Morgan fingerprint density at radius 3 is 2.81 bits per heavy atom. The number of halogens is 1. The minimum absolute atomic E-state index is 0.0634. The summed E-state index contributed by atoms with van der Waals surface area (Å²) in [5.41, 5.74) is 6.79. The first kappa shape index (κ1) is 18.0. The van der Waals surface area contributed by atoms with Crippen molar-refractivity contribution in [1.29, 1.82) is 0 Å². The Balaban J connectivity index is 2.43. The summed E-state index contributed by atoms with van der Waals surface area (Å²) in [6.07, 6.45) is 4.34. The molecule has 0 aromatic heterocycles. The van der Waals surface area contributed by atoms with Crippen molar-refractivity contribution in [2.75, 3.05) is 13.7 Å². The fourth-order valence-corrected chi connectivity index (χ4v) is 2.71. The van der Waals surface area contributed by atoms with E-state index in [2.05, 4.69) is 28.2 Å². The maximum atomic E-state index is 12.0. The zero-order chi connectivity index (χ0) is 15.7. The van der Waals surface area contributed by atoms with E-state index >= 15 is 0 Å². The molecule has 0 radical (unpaired) electrons. The largest absolute Gasteiger partial charge is 0.496 e. The lowest BCUT2D eigenvalue weighted by atomic mass is 10.1. The Kier molecular flexibility index (Phi) is 8.38. The van der Waals surface area contributed by atoms with Crippen LogP contribution in [0, 0.1) is 0 Å². The highest BCUT2D eigenvalue weighted by molar-refractivity contribution is 9.10. The number of amides is 1. The maximum Gasteiger partial charge on any atom is 0.220 e. The number of methoxy groups -OCH3 is 1. The molecule has 3 N–H and O–H groups in total. The van der Waals surface area contributed by atoms with Crippen LogP contribution in [-0.4, -0.2) is 25.6 Å². The number of hydrogen-bond acceptors (Lipinski definition) is 3. The topological polar surface area (TPSA) is 64.3 Å². The summed E-state index contributed by atoms with van der Waals surface area (Å²) in [7, 11) is 1.64. The molecule has 0 saturated heterocycles. The van der Waals surface area contributed by atoms with Crippen LogP contribution in [0.2, 0.25) is 0 Å². The molecule has 0 heterocycles. The van der Waals surface area contributed by atoms with Gasteiger partial charge in [0.05, 0.1) is 11.6 Å². The third-order valence-electron chi connectivity index (χ3n) is 3.41. The number of nitrogens with one attached hydrogen (secondary N) is 1. The number of hydrogen-bond donors (Lipinski definition) is 2. The number of ether oxygens (including phenoxy) is 1. The standard InChI is InChI=1S/C16H25BrN2O2/c1-3-4-5-13(11-18)19-16(20)9-7-12-6-8-15(21-2)14(17)10-12/h6,8,10,13H,3-5,7,9,11,18H2,1-2H3,(H,19,20). The molecule has 0 aliphatic heterocycles. The van der Waals surface area contributed by atoms with E-state index in [0.717, 1.165) is 35.0 Å². The van der Waals surface area contributed by atoms with Crippen molar-refractivity contribution >= 4 is 21.8 Å². The zero-order valence-corrected chi connectivity index (χ0v) is 14.4. The first-order valence-electron chi connectivity index (χ1n) is 7.42. The van der Waals surface area contributed by atoms with Crippen LogP contribution in [0.1, 0.15) is 38.2 Å². The number of nitrogens with two attached hydrogens (primary N) is 1. The molecule has 0 bridgehead atoms. The van der Waals surface area contributed by atoms with Gasteiger partial charge in [-0.2, -0.15) is 0 Å². The molecule has 0 fully saturated rings. The average molecular weight is 357 g/mol. The van der Waals surface area contributed by atoms with Crippen LogP contribution in [0.5, 0.6) is 5.75 Å². The van der Waals surface area contributed by atoms with Crippen molar-refractivity contribution in [3.05, 3.63) is 28.2 Å². The molecule has 1 unspecified atom stereocenters. The Bertz CT molecular complexity index is 452. The third-order valence-corrected chi connectivity index (χ3v) is 4.03. The summed E-state index contributed by atoms with van der Waals surface area (Å²) >= 11 is 3.45. The van der Waals surface area contributed by atoms with Crippen LogP contribution in [0.3, 0.4) is 0 Å². The van der Waals surface area contributed by atoms with Crippen molar-refractivity contribution < 1.29 is 9.53 Å². The van der Waals surface area contributed by atoms with Crippen molar-refractivity contribution in [3.63, 3.8) is 0 Å². The quantitative estimate of drug-likeness (QED) is 0.714. The van der Waals surface area contributed by atoms with Crippen molar-refractivity contribution in [1.82, 2.24) is 5.32 Å².